The van der Waals surface area contributed by atoms with E-state index in [2.05, 4.69) is 5.32 Å². The van der Waals surface area contributed by atoms with E-state index in [9.17, 15) is 17.6 Å². The summed E-state index contributed by atoms with van der Waals surface area (Å²) in [4.78, 5) is 13.4. The number of hydrogen-bond donors (Lipinski definition) is 1. The Morgan fingerprint density at radius 2 is 1.91 bits per heavy atom. The fraction of sp³-hybridized carbons (Fsp3) is 0.214. The molecule has 3 rings (SSSR count). The molecule has 0 aliphatic carbocycles. The van der Waals surface area contributed by atoms with Gasteiger partial charge in [-0.1, -0.05) is 0 Å². The van der Waals surface area contributed by atoms with Gasteiger partial charge in [0.2, 0.25) is 0 Å². The van der Waals surface area contributed by atoms with Gasteiger partial charge < -0.3 is 4.90 Å². The third kappa shape index (κ3) is 2.84. The molecule has 2 heterocycles. The van der Waals surface area contributed by atoms with Gasteiger partial charge in [0.1, 0.15) is 11.1 Å². The normalized spacial score (nSPS) is 15.4. The van der Waals surface area contributed by atoms with E-state index in [1.807, 2.05) is 11.4 Å². The number of likely N-dealkylation sites (tertiary alicyclic amines) is 1. The second-order valence-electron chi connectivity index (χ2n) is 4.93. The number of rotatable bonds is 3. The van der Waals surface area contributed by atoms with Crippen LogP contribution in [0.15, 0.2) is 46.7 Å². The van der Waals surface area contributed by atoms with Crippen LogP contribution in [0.25, 0.3) is 0 Å². The molecule has 0 saturated carbocycles. The SMILES string of the molecule is O=C(Nc1cccs1)N1CC(S(=O)(=O)c2ccc(F)cc2)C1. The summed E-state index contributed by atoms with van der Waals surface area (Å²) >= 11 is 1.40. The maximum Gasteiger partial charge on any atom is 0.322 e. The van der Waals surface area contributed by atoms with Crippen LogP contribution in [0, 0.1) is 5.82 Å². The molecule has 0 unspecified atom stereocenters. The molecule has 1 N–H and O–H groups in total. The highest BCUT2D eigenvalue weighted by Crippen LogP contribution is 2.25. The van der Waals surface area contributed by atoms with Crippen LogP contribution in [0.5, 0.6) is 0 Å². The molecule has 1 aliphatic heterocycles. The summed E-state index contributed by atoms with van der Waals surface area (Å²) in [7, 11) is -3.53. The van der Waals surface area contributed by atoms with E-state index in [0.29, 0.717) is 0 Å². The number of amides is 2. The molecule has 0 atom stereocenters. The van der Waals surface area contributed by atoms with Crippen molar-refractivity contribution in [1.29, 1.82) is 0 Å². The lowest BCUT2D eigenvalue weighted by Gasteiger charge is -2.38. The molecule has 2 amide bonds. The van der Waals surface area contributed by atoms with Crippen molar-refractivity contribution < 1.29 is 17.6 Å². The van der Waals surface area contributed by atoms with Gasteiger partial charge in [-0.15, -0.1) is 11.3 Å². The molecule has 22 heavy (non-hydrogen) atoms. The third-order valence-corrected chi connectivity index (χ3v) is 6.36. The Kier molecular flexibility index (Phi) is 3.88. The number of halogens is 1. The molecule has 8 heteroatoms. The van der Waals surface area contributed by atoms with E-state index in [0.717, 1.165) is 17.1 Å². The van der Waals surface area contributed by atoms with Crippen molar-refractivity contribution in [2.75, 3.05) is 18.4 Å². The maximum atomic E-state index is 12.9. The van der Waals surface area contributed by atoms with E-state index in [1.54, 1.807) is 6.07 Å². The molecule has 1 aliphatic rings. The van der Waals surface area contributed by atoms with Crippen LogP contribution in [-0.2, 0) is 9.84 Å². The van der Waals surface area contributed by atoms with Crippen molar-refractivity contribution >= 4 is 32.2 Å². The van der Waals surface area contributed by atoms with E-state index in [-0.39, 0.29) is 24.0 Å². The van der Waals surface area contributed by atoms with Gasteiger partial charge in [0, 0.05) is 13.1 Å². The van der Waals surface area contributed by atoms with Crippen molar-refractivity contribution in [3.8, 4) is 0 Å². The summed E-state index contributed by atoms with van der Waals surface area (Å²) in [6, 6.07) is 8.01. The smallest absolute Gasteiger partial charge is 0.322 e. The molecule has 0 radical (unpaired) electrons. The zero-order valence-corrected chi connectivity index (χ0v) is 13.0. The van der Waals surface area contributed by atoms with Crippen molar-refractivity contribution in [1.82, 2.24) is 4.90 Å². The Hall–Kier alpha value is -1.93. The van der Waals surface area contributed by atoms with Crippen molar-refractivity contribution in [2.24, 2.45) is 0 Å². The number of hydrogen-bond acceptors (Lipinski definition) is 4. The number of urea groups is 1. The zero-order chi connectivity index (χ0) is 15.7. The van der Waals surface area contributed by atoms with Gasteiger partial charge in [-0.05, 0) is 41.8 Å². The summed E-state index contributed by atoms with van der Waals surface area (Å²) in [5.74, 6) is -0.482. The lowest BCUT2D eigenvalue weighted by Crippen LogP contribution is -2.57. The first kappa shape index (κ1) is 15.0. The van der Waals surface area contributed by atoms with Crippen LogP contribution >= 0.6 is 11.3 Å². The van der Waals surface area contributed by atoms with Crippen LogP contribution in [-0.4, -0.2) is 37.7 Å². The lowest BCUT2D eigenvalue weighted by molar-refractivity contribution is 0.183. The van der Waals surface area contributed by atoms with Gasteiger partial charge in [0.25, 0.3) is 0 Å². The lowest BCUT2D eigenvalue weighted by atomic mass is 10.2. The molecule has 1 aromatic heterocycles. The minimum absolute atomic E-state index is 0.0808. The van der Waals surface area contributed by atoms with Gasteiger partial charge in [-0.3, -0.25) is 5.32 Å². The molecular formula is C14H13FN2O3S2. The summed E-state index contributed by atoms with van der Waals surface area (Å²) in [6.07, 6.45) is 0. The van der Waals surface area contributed by atoms with Gasteiger partial charge in [0.05, 0.1) is 9.90 Å². The van der Waals surface area contributed by atoms with E-state index >= 15 is 0 Å². The molecule has 116 valence electrons. The molecule has 1 aromatic carbocycles. The number of nitrogens with one attached hydrogen (secondary N) is 1. The number of thiophene rings is 1. The number of anilines is 1. The average Bonchev–Trinajstić information content (AvgIpc) is 2.90. The number of nitrogens with zero attached hydrogens (tertiary/aromatic N) is 1. The Bertz CT molecular complexity index is 767. The second-order valence-corrected chi connectivity index (χ2v) is 8.11. The van der Waals surface area contributed by atoms with Crippen molar-refractivity contribution in [3.05, 3.63) is 47.6 Å². The van der Waals surface area contributed by atoms with Gasteiger partial charge in [-0.2, -0.15) is 0 Å². The predicted molar refractivity (Wildman–Crippen MR) is 82.3 cm³/mol. The molecule has 1 saturated heterocycles. The van der Waals surface area contributed by atoms with Crippen LogP contribution < -0.4 is 5.32 Å². The molecule has 1 fully saturated rings. The van der Waals surface area contributed by atoms with E-state index in [4.69, 9.17) is 0 Å². The first-order chi connectivity index (χ1) is 10.5. The van der Waals surface area contributed by atoms with Crippen LogP contribution in [0.2, 0.25) is 0 Å². The van der Waals surface area contributed by atoms with Gasteiger partial charge >= 0.3 is 6.03 Å². The highest BCUT2D eigenvalue weighted by molar-refractivity contribution is 7.92. The quantitative estimate of drug-likeness (QED) is 0.874. The highest BCUT2D eigenvalue weighted by Gasteiger charge is 2.40. The Balaban J connectivity index is 1.62. The molecule has 5 nitrogen and oxygen atoms in total. The predicted octanol–water partition coefficient (Wildman–Crippen LogP) is 2.58. The largest absolute Gasteiger partial charge is 0.322 e. The van der Waals surface area contributed by atoms with Gasteiger partial charge in [0.15, 0.2) is 9.84 Å². The maximum absolute atomic E-state index is 12.9. The summed E-state index contributed by atoms with van der Waals surface area (Å²) in [5.41, 5.74) is 0. The number of carbonyl (C=O) groups excluding carboxylic acids is 1. The van der Waals surface area contributed by atoms with Crippen LogP contribution in [0.3, 0.4) is 0 Å². The Morgan fingerprint density at radius 1 is 1.23 bits per heavy atom. The fourth-order valence-corrected chi connectivity index (χ4v) is 4.41. The minimum atomic E-state index is -3.53. The zero-order valence-electron chi connectivity index (χ0n) is 11.4. The highest BCUT2D eigenvalue weighted by atomic mass is 32.2. The Morgan fingerprint density at radius 3 is 2.50 bits per heavy atom. The second kappa shape index (κ2) is 5.69. The van der Waals surface area contributed by atoms with Crippen molar-refractivity contribution in [3.63, 3.8) is 0 Å². The van der Waals surface area contributed by atoms with Gasteiger partial charge in [-0.25, -0.2) is 17.6 Å². The molecule has 2 aromatic rings. The first-order valence-corrected chi connectivity index (χ1v) is 8.98. The molecule has 0 bridgehead atoms. The summed E-state index contributed by atoms with van der Waals surface area (Å²) in [5, 5.41) is 4.62. The minimum Gasteiger partial charge on any atom is -0.322 e. The number of carbonyl (C=O) groups is 1. The fourth-order valence-electron chi connectivity index (χ4n) is 2.15. The van der Waals surface area contributed by atoms with E-state index in [1.165, 1.54) is 28.4 Å². The van der Waals surface area contributed by atoms with Crippen molar-refractivity contribution in [2.45, 2.75) is 10.1 Å². The van der Waals surface area contributed by atoms with E-state index < -0.39 is 20.9 Å². The van der Waals surface area contributed by atoms with Crippen LogP contribution in [0.4, 0.5) is 14.2 Å². The number of sulfone groups is 1. The molecular weight excluding hydrogens is 327 g/mol. The average molecular weight is 340 g/mol. The topological polar surface area (TPSA) is 66.5 Å². The monoisotopic (exact) mass is 340 g/mol. The summed E-state index contributed by atoms with van der Waals surface area (Å²) in [6.45, 7) is 0.272. The number of benzene rings is 1. The first-order valence-electron chi connectivity index (χ1n) is 6.56. The van der Waals surface area contributed by atoms with Crippen LogP contribution in [0.1, 0.15) is 0 Å². The Labute approximate surface area is 131 Å². The standard InChI is InChI=1S/C14H13FN2O3S2/c15-10-3-5-11(6-4-10)22(19,20)12-8-17(9-12)14(18)16-13-2-1-7-21-13/h1-7,12H,8-9H2,(H,16,18). The third-order valence-electron chi connectivity index (χ3n) is 3.47. The molecule has 0 spiro atoms. The summed E-state index contributed by atoms with van der Waals surface area (Å²) < 4.78 is 37.5.